The quantitative estimate of drug-likeness (QED) is 0.416. The summed E-state index contributed by atoms with van der Waals surface area (Å²) >= 11 is 0. The lowest BCUT2D eigenvalue weighted by Gasteiger charge is -2.14. The first-order chi connectivity index (χ1) is 16.1. The van der Waals surface area contributed by atoms with Crippen LogP contribution in [0.4, 0.5) is 0 Å². The van der Waals surface area contributed by atoms with Crippen molar-refractivity contribution in [3.05, 3.63) is 101 Å². The highest BCUT2D eigenvalue weighted by atomic mass is 16.1. The Labute approximate surface area is 189 Å². The predicted molar refractivity (Wildman–Crippen MR) is 132 cm³/mol. The van der Waals surface area contributed by atoms with Gasteiger partial charge in [0.2, 0.25) is 0 Å². The minimum absolute atomic E-state index is 0.0698. The lowest BCUT2D eigenvalue weighted by molar-refractivity contribution is 0.768. The van der Waals surface area contributed by atoms with Gasteiger partial charge < -0.3 is 4.98 Å². The molecule has 0 saturated carbocycles. The zero-order valence-corrected chi connectivity index (χ0v) is 18.3. The molecule has 160 valence electrons. The van der Waals surface area contributed by atoms with Gasteiger partial charge in [0.05, 0.1) is 22.8 Å². The first-order valence-corrected chi connectivity index (χ1v) is 10.8. The van der Waals surface area contributed by atoms with Gasteiger partial charge in [0.25, 0.3) is 5.56 Å². The molecule has 0 amide bonds. The normalized spacial score (nSPS) is 11.5. The average molecular weight is 431 g/mol. The second-order valence-electron chi connectivity index (χ2n) is 8.24. The number of fused-ring (bicyclic) bond motifs is 2. The van der Waals surface area contributed by atoms with Crippen LogP contribution in [0.5, 0.6) is 0 Å². The molecule has 0 bridgehead atoms. The number of hydrogen-bond acceptors (Lipinski definition) is 3. The number of aromatic amines is 1. The van der Waals surface area contributed by atoms with E-state index in [1.165, 1.54) is 0 Å². The molecule has 6 aromatic rings. The van der Waals surface area contributed by atoms with Gasteiger partial charge in [-0.15, -0.1) is 0 Å². The molecule has 33 heavy (non-hydrogen) atoms. The van der Waals surface area contributed by atoms with Gasteiger partial charge in [-0.05, 0) is 53.9 Å². The fourth-order valence-electron chi connectivity index (χ4n) is 4.52. The molecule has 6 nitrogen and oxygen atoms in total. The van der Waals surface area contributed by atoms with Crippen LogP contribution in [-0.4, -0.2) is 24.3 Å². The number of nitrogens with zero attached hydrogens (tertiary/aromatic N) is 4. The third-order valence-corrected chi connectivity index (χ3v) is 6.20. The van der Waals surface area contributed by atoms with Crippen molar-refractivity contribution < 1.29 is 0 Å². The van der Waals surface area contributed by atoms with Crippen LogP contribution >= 0.6 is 0 Å². The minimum atomic E-state index is -0.0698. The molecule has 6 heteroatoms. The number of hydrogen-bond donors (Lipinski definition) is 1. The Hall–Kier alpha value is -4.45. The first-order valence-electron chi connectivity index (χ1n) is 10.8. The van der Waals surface area contributed by atoms with Gasteiger partial charge in [-0.1, -0.05) is 36.4 Å². The number of rotatable bonds is 3. The molecule has 0 unspecified atom stereocenters. The van der Waals surface area contributed by atoms with Crippen molar-refractivity contribution in [3.63, 3.8) is 0 Å². The third kappa shape index (κ3) is 3.07. The van der Waals surface area contributed by atoms with E-state index in [4.69, 9.17) is 0 Å². The van der Waals surface area contributed by atoms with Crippen LogP contribution in [0.2, 0.25) is 0 Å². The Morgan fingerprint density at radius 1 is 0.909 bits per heavy atom. The lowest BCUT2D eigenvalue weighted by Crippen LogP contribution is -2.19. The van der Waals surface area contributed by atoms with Gasteiger partial charge in [-0.3, -0.25) is 14.0 Å². The summed E-state index contributed by atoms with van der Waals surface area (Å²) in [5.74, 6) is 0. The molecule has 0 saturated heterocycles. The summed E-state index contributed by atoms with van der Waals surface area (Å²) < 4.78 is 3.43. The van der Waals surface area contributed by atoms with Crippen LogP contribution in [0.1, 0.15) is 5.56 Å². The fourth-order valence-corrected chi connectivity index (χ4v) is 4.52. The van der Waals surface area contributed by atoms with Gasteiger partial charge in [0, 0.05) is 35.4 Å². The molecular formula is C27H21N5O. The largest absolute Gasteiger partial charge is 0.354 e. The Morgan fingerprint density at radius 3 is 2.58 bits per heavy atom. The zero-order valence-electron chi connectivity index (χ0n) is 18.3. The van der Waals surface area contributed by atoms with Crippen molar-refractivity contribution in [1.29, 1.82) is 0 Å². The molecule has 0 spiro atoms. The number of aryl methyl sites for hydroxylation is 1. The van der Waals surface area contributed by atoms with Gasteiger partial charge in [-0.2, -0.15) is 5.10 Å². The van der Waals surface area contributed by atoms with E-state index in [1.807, 2.05) is 55.8 Å². The zero-order chi connectivity index (χ0) is 22.5. The van der Waals surface area contributed by atoms with Crippen molar-refractivity contribution >= 4 is 21.8 Å². The predicted octanol–water partition coefficient (Wildman–Crippen LogP) is 5.24. The van der Waals surface area contributed by atoms with Crippen LogP contribution in [0.25, 0.3) is 49.9 Å². The average Bonchev–Trinajstić information content (AvgIpc) is 3.46. The Morgan fingerprint density at radius 2 is 1.73 bits per heavy atom. The third-order valence-electron chi connectivity index (χ3n) is 6.20. The number of H-pyrrole nitrogens is 1. The van der Waals surface area contributed by atoms with Crippen molar-refractivity contribution in [2.45, 2.75) is 6.92 Å². The molecule has 3 heterocycles. The maximum Gasteiger partial charge on any atom is 0.265 e. The molecule has 0 aliphatic carbocycles. The smallest absolute Gasteiger partial charge is 0.265 e. The molecule has 0 fully saturated rings. The number of aromatic nitrogens is 5. The van der Waals surface area contributed by atoms with E-state index in [9.17, 15) is 4.79 Å². The minimum Gasteiger partial charge on any atom is -0.354 e. The molecule has 0 aliphatic heterocycles. The molecule has 0 atom stereocenters. The standard InChI is InChI=1S/C27H21N5O/c1-17-19(8-6-12-26(17)32-16-28-23-10-4-3-7-21(23)27(32)33)20-9-5-11-24-22(20)13-25(30-24)18-14-29-31(2)15-18/h3-16,30H,1-2H3. The number of benzene rings is 3. The molecule has 0 aliphatic rings. The first kappa shape index (κ1) is 19.3. The Balaban J connectivity index is 1.54. The molecule has 0 radical (unpaired) electrons. The maximum atomic E-state index is 13.2. The van der Waals surface area contributed by atoms with Crippen molar-refractivity contribution in [2.75, 3.05) is 0 Å². The SMILES string of the molecule is Cc1c(-c2cccc3[nH]c(-c4cnn(C)c4)cc23)cccc1-n1cnc2ccccc2c1=O. The molecule has 3 aromatic heterocycles. The Kier molecular flexibility index (Phi) is 4.26. The highest BCUT2D eigenvalue weighted by molar-refractivity contribution is 5.99. The van der Waals surface area contributed by atoms with Crippen molar-refractivity contribution in [1.82, 2.24) is 24.3 Å². The number of para-hydroxylation sites is 1. The second kappa shape index (κ2) is 7.31. The topological polar surface area (TPSA) is 68.5 Å². The van der Waals surface area contributed by atoms with Gasteiger partial charge in [-0.25, -0.2) is 4.98 Å². The lowest BCUT2D eigenvalue weighted by atomic mass is 9.96. The van der Waals surface area contributed by atoms with E-state index in [-0.39, 0.29) is 5.56 Å². The highest BCUT2D eigenvalue weighted by Gasteiger charge is 2.15. The van der Waals surface area contributed by atoms with Crippen LogP contribution in [0, 0.1) is 6.92 Å². The van der Waals surface area contributed by atoms with E-state index in [0.717, 1.165) is 44.5 Å². The molecule has 1 N–H and O–H groups in total. The second-order valence-corrected chi connectivity index (χ2v) is 8.24. The summed E-state index contributed by atoms with van der Waals surface area (Å²) in [6.45, 7) is 2.06. The summed E-state index contributed by atoms with van der Waals surface area (Å²) in [5, 5.41) is 6.03. The van der Waals surface area contributed by atoms with Crippen LogP contribution in [0.15, 0.2) is 90.2 Å². The van der Waals surface area contributed by atoms with Gasteiger partial charge in [0.1, 0.15) is 6.33 Å². The van der Waals surface area contributed by atoms with E-state index < -0.39 is 0 Å². The monoisotopic (exact) mass is 431 g/mol. The van der Waals surface area contributed by atoms with Crippen molar-refractivity contribution in [3.8, 4) is 28.1 Å². The number of nitrogens with one attached hydrogen (secondary N) is 1. The van der Waals surface area contributed by atoms with Crippen molar-refractivity contribution in [2.24, 2.45) is 7.05 Å². The summed E-state index contributed by atoms with van der Waals surface area (Å²) in [6.07, 6.45) is 5.47. The Bertz CT molecular complexity index is 1720. The molecular weight excluding hydrogens is 410 g/mol. The van der Waals surface area contributed by atoms with Gasteiger partial charge >= 0.3 is 0 Å². The maximum absolute atomic E-state index is 13.2. The van der Waals surface area contributed by atoms with Gasteiger partial charge in [0.15, 0.2) is 0 Å². The van der Waals surface area contributed by atoms with Crippen LogP contribution in [0.3, 0.4) is 0 Å². The molecule has 3 aromatic carbocycles. The summed E-state index contributed by atoms with van der Waals surface area (Å²) in [6, 6.07) is 21.9. The van der Waals surface area contributed by atoms with E-state index in [0.29, 0.717) is 10.9 Å². The summed E-state index contributed by atoms with van der Waals surface area (Å²) in [4.78, 5) is 21.2. The van der Waals surface area contributed by atoms with Crippen LogP contribution in [-0.2, 0) is 7.05 Å². The summed E-state index contributed by atoms with van der Waals surface area (Å²) in [7, 11) is 1.91. The van der Waals surface area contributed by atoms with E-state index in [2.05, 4.69) is 52.3 Å². The molecule has 6 rings (SSSR count). The summed E-state index contributed by atoms with van der Waals surface area (Å²) in [5.41, 5.74) is 7.79. The van der Waals surface area contributed by atoms with E-state index >= 15 is 0 Å². The highest BCUT2D eigenvalue weighted by Crippen LogP contribution is 2.35. The fraction of sp³-hybridized carbons (Fsp3) is 0.0741. The van der Waals surface area contributed by atoms with Crippen LogP contribution < -0.4 is 5.56 Å². The van der Waals surface area contributed by atoms with E-state index in [1.54, 1.807) is 15.6 Å².